The summed E-state index contributed by atoms with van der Waals surface area (Å²) in [5.41, 5.74) is 3.48. The fraction of sp³-hybridized carbons (Fsp3) is 0.417. The summed E-state index contributed by atoms with van der Waals surface area (Å²) in [6, 6.07) is 6.05. The topological polar surface area (TPSA) is 38.3 Å². The third-order valence-electron chi connectivity index (χ3n) is 2.53. The van der Waals surface area contributed by atoms with Gasteiger partial charge in [-0.1, -0.05) is 28.1 Å². The summed E-state index contributed by atoms with van der Waals surface area (Å²) >= 11 is 3.27. The lowest BCUT2D eigenvalue weighted by molar-refractivity contribution is -0.139. The fourth-order valence-corrected chi connectivity index (χ4v) is 1.70. The first kappa shape index (κ1) is 13.0. The second-order valence-electron chi connectivity index (χ2n) is 3.62. The molecule has 0 spiro atoms. The molecule has 1 rings (SSSR count). The zero-order valence-electron chi connectivity index (χ0n) is 9.71. The van der Waals surface area contributed by atoms with Crippen molar-refractivity contribution in [1.82, 2.24) is 0 Å². The maximum atomic E-state index is 11.2. The van der Waals surface area contributed by atoms with Gasteiger partial charge in [-0.25, -0.2) is 0 Å². The van der Waals surface area contributed by atoms with Gasteiger partial charge in [-0.15, -0.1) is 0 Å². The number of esters is 1. The Labute approximate surface area is 104 Å². The van der Waals surface area contributed by atoms with E-state index in [4.69, 9.17) is 0 Å². The number of nitrogens with one attached hydrogen (secondary N) is 1. The van der Waals surface area contributed by atoms with Gasteiger partial charge in [0.05, 0.1) is 7.11 Å². The molecule has 3 nitrogen and oxygen atoms in total. The lowest BCUT2D eigenvalue weighted by Gasteiger charge is -2.13. The molecule has 0 saturated carbocycles. The predicted molar refractivity (Wildman–Crippen MR) is 69.1 cm³/mol. The Morgan fingerprint density at radius 2 is 2.19 bits per heavy atom. The normalized spacial score (nSPS) is 12.0. The van der Waals surface area contributed by atoms with Gasteiger partial charge in [0, 0.05) is 12.2 Å². The Hall–Kier alpha value is -1.03. The van der Waals surface area contributed by atoms with Crippen molar-refractivity contribution in [3.05, 3.63) is 29.3 Å². The molecule has 0 heterocycles. The number of halogens is 1. The lowest BCUT2D eigenvalue weighted by atomic mass is 10.1. The molecule has 0 amide bonds. The number of carbonyl (C=O) groups is 1. The smallest absolute Gasteiger partial charge is 0.321 e. The minimum Gasteiger partial charge on any atom is -0.468 e. The Kier molecular flexibility index (Phi) is 4.80. The molecule has 1 aromatic carbocycles. The molecule has 0 aromatic heterocycles. The molecular weight excluding hydrogens is 270 g/mol. The summed E-state index contributed by atoms with van der Waals surface area (Å²) in [4.78, 5) is 10.9. The van der Waals surface area contributed by atoms with E-state index in [0.717, 1.165) is 5.69 Å². The number of benzene rings is 1. The number of anilines is 1. The average molecular weight is 286 g/mol. The molecule has 0 aliphatic carbocycles. The van der Waals surface area contributed by atoms with Gasteiger partial charge in [0.2, 0.25) is 0 Å². The summed E-state index contributed by atoms with van der Waals surface area (Å²) in [5.74, 6) is -0.266. The number of aryl methyl sites for hydroxylation is 1. The molecule has 1 aromatic rings. The molecule has 16 heavy (non-hydrogen) atoms. The summed E-state index contributed by atoms with van der Waals surface area (Å²) in [6.07, 6.45) is 0. The lowest BCUT2D eigenvalue weighted by Crippen LogP contribution is -2.24. The number of ether oxygens (including phenoxy) is 1. The van der Waals surface area contributed by atoms with Gasteiger partial charge >= 0.3 is 5.97 Å². The molecule has 0 fully saturated rings. The van der Waals surface area contributed by atoms with Crippen LogP contribution in [-0.4, -0.2) is 24.5 Å². The first-order valence-electron chi connectivity index (χ1n) is 5.08. The first-order chi connectivity index (χ1) is 7.56. The van der Waals surface area contributed by atoms with Crippen molar-refractivity contribution in [2.75, 3.05) is 19.0 Å². The highest BCUT2D eigenvalue weighted by Gasteiger charge is 2.14. The van der Waals surface area contributed by atoms with Gasteiger partial charge in [0.15, 0.2) is 0 Å². The minimum absolute atomic E-state index is 0.266. The summed E-state index contributed by atoms with van der Waals surface area (Å²) in [5, 5.41) is 3.22. The number of methoxy groups -OCH3 is 1. The number of hydrogen-bond donors (Lipinski definition) is 1. The maximum Gasteiger partial charge on any atom is 0.321 e. The molecule has 0 aliphatic rings. The van der Waals surface area contributed by atoms with Gasteiger partial charge in [-0.2, -0.15) is 0 Å². The molecule has 0 bridgehead atoms. The van der Waals surface area contributed by atoms with Crippen molar-refractivity contribution in [2.24, 2.45) is 0 Å². The zero-order chi connectivity index (χ0) is 12.1. The van der Waals surface area contributed by atoms with Crippen LogP contribution in [0.5, 0.6) is 0 Å². The van der Waals surface area contributed by atoms with Crippen LogP contribution in [-0.2, 0) is 9.53 Å². The van der Waals surface area contributed by atoms with Crippen LogP contribution >= 0.6 is 15.9 Å². The number of carbonyl (C=O) groups excluding carboxylic acids is 1. The highest BCUT2D eigenvalue weighted by Crippen LogP contribution is 2.18. The van der Waals surface area contributed by atoms with Crippen LogP contribution in [0.25, 0.3) is 0 Å². The SMILES string of the molecule is COC(=O)C(Br)CNc1cccc(C)c1C. The predicted octanol–water partition coefficient (Wildman–Crippen LogP) is 2.65. The Morgan fingerprint density at radius 3 is 2.81 bits per heavy atom. The highest BCUT2D eigenvalue weighted by atomic mass is 79.9. The van der Waals surface area contributed by atoms with Crippen molar-refractivity contribution >= 4 is 27.6 Å². The zero-order valence-corrected chi connectivity index (χ0v) is 11.3. The van der Waals surface area contributed by atoms with Gasteiger partial charge in [0.25, 0.3) is 0 Å². The van der Waals surface area contributed by atoms with Crippen LogP contribution in [0.3, 0.4) is 0 Å². The maximum absolute atomic E-state index is 11.2. The number of hydrogen-bond acceptors (Lipinski definition) is 3. The summed E-state index contributed by atoms with van der Waals surface area (Å²) in [7, 11) is 1.38. The van der Waals surface area contributed by atoms with E-state index >= 15 is 0 Å². The van der Waals surface area contributed by atoms with Crippen molar-refractivity contribution in [2.45, 2.75) is 18.7 Å². The minimum atomic E-state index is -0.322. The second kappa shape index (κ2) is 5.89. The first-order valence-corrected chi connectivity index (χ1v) is 5.99. The molecular formula is C12H16BrNO2. The second-order valence-corrected chi connectivity index (χ2v) is 4.72. The van der Waals surface area contributed by atoms with Crippen LogP contribution in [0.2, 0.25) is 0 Å². The monoisotopic (exact) mass is 285 g/mol. The van der Waals surface area contributed by atoms with E-state index in [0.29, 0.717) is 6.54 Å². The van der Waals surface area contributed by atoms with E-state index in [1.807, 2.05) is 12.1 Å². The van der Waals surface area contributed by atoms with Crippen LogP contribution in [0, 0.1) is 13.8 Å². The summed E-state index contributed by atoms with van der Waals surface area (Å²) < 4.78 is 4.63. The van der Waals surface area contributed by atoms with Crippen molar-refractivity contribution in [3.8, 4) is 0 Å². The molecule has 0 saturated heterocycles. The quantitative estimate of drug-likeness (QED) is 0.683. The molecule has 1 unspecified atom stereocenters. The van der Waals surface area contributed by atoms with Crippen LogP contribution in [0.1, 0.15) is 11.1 Å². The fourth-order valence-electron chi connectivity index (χ4n) is 1.35. The van der Waals surface area contributed by atoms with E-state index in [2.05, 4.69) is 45.9 Å². The Bertz CT molecular complexity index is 379. The standard InChI is InChI=1S/C12H16BrNO2/c1-8-5-4-6-11(9(8)2)14-7-10(13)12(15)16-3/h4-6,10,14H,7H2,1-3H3. The molecule has 0 aliphatic heterocycles. The van der Waals surface area contributed by atoms with E-state index in [1.54, 1.807) is 0 Å². The molecule has 1 atom stereocenters. The van der Waals surface area contributed by atoms with Crippen LogP contribution < -0.4 is 5.32 Å². The molecule has 1 N–H and O–H groups in total. The van der Waals surface area contributed by atoms with E-state index in [9.17, 15) is 4.79 Å². The largest absolute Gasteiger partial charge is 0.468 e. The van der Waals surface area contributed by atoms with Gasteiger partial charge in [-0.05, 0) is 31.0 Å². The van der Waals surface area contributed by atoms with Crippen molar-refractivity contribution in [1.29, 1.82) is 0 Å². The third-order valence-corrected chi connectivity index (χ3v) is 3.23. The highest BCUT2D eigenvalue weighted by molar-refractivity contribution is 9.10. The number of alkyl halides is 1. The van der Waals surface area contributed by atoms with Crippen LogP contribution in [0.15, 0.2) is 18.2 Å². The molecule has 0 radical (unpaired) electrons. The Morgan fingerprint density at radius 1 is 1.50 bits per heavy atom. The van der Waals surface area contributed by atoms with E-state index in [1.165, 1.54) is 18.2 Å². The Balaban J connectivity index is 2.61. The van der Waals surface area contributed by atoms with Crippen LogP contribution in [0.4, 0.5) is 5.69 Å². The van der Waals surface area contributed by atoms with Crippen molar-refractivity contribution in [3.63, 3.8) is 0 Å². The number of rotatable bonds is 4. The van der Waals surface area contributed by atoms with Gasteiger partial charge in [-0.3, -0.25) is 4.79 Å². The van der Waals surface area contributed by atoms with E-state index in [-0.39, 0.29) is 10.8 Å². The van der Waals surface area contributed by atoms with Crippen molar-refractivity contribution < 1.29 is 9.53 Å². The summed E-state index contributed by atoms with van der Waals surface area (Å²) in [6.45, 7) is 4.63. The third kappa shape index (κ3) is 3.23. The van der Waals surface area contributed by atoms with Gasteiger partial charge < -0.3 is 10.1 Å². The van der Waals surface area contributed by atoms with E-state index < -0.39 is 0 Å². The van der Waals surface area contributed by atoms with Gasteiger partial charge in [0.1, 0.15) is 4.83 Å². The average Bonchev–Trinajstić information content (AvgIpc) is 2.29. The molecule has 88 valence electrons. The molecule has 4 heteroatoms.